The molecule has 17 heavy (non-hydrogen) atoms. The first kappa shape index (κ1) is 11.8. The van der Waals surface area contributed by atoms with Crippen LogP contribution in [0.25, 0.3) is 11.1 Å². The molecule has 0 atom stereocenters. The molecule has 0 amide bonds. The summed E-state index contributed by atoms with van der Waals surface area (Å²) in [5.41, 5.74) is 7.30. The summed E-state index contributed by atoms with van der Waals surface area (Å²) in [5, 5.41) is 0.0438. The lowest BCUT2D eigenvalue weighted by Gasteiger charge is -2.08. The summed E-state index contributed by atoms with van der Waals surface area (Å²) in [6.07, 6.45) is 0. The Morgan fingerprint density at radius 2 is 1.88 bits per heavy atom. The first-order valence-electron chi connectivity index (χ1n) is 4.86. The minimum absolute atomic E-state index is 0.0129. The van der Waals surface area contributed by atoms with Crippen molar-refractivity contribution >= 4 is 17.3 Å². The van der Waals surface area contributed by atoms with E-state index in [2.05, 4.69) is 4.98 Å². The third kappa shape index (κ3) is 2.36. The molecule has 1 aromatic heterocycles. The molecule has 0 unspecified atom stereocenters. The molecule has 1 aromatic carbocycles. The highest BCUT2D eigenvalue weighted by Crippen LogP contribution is 2.29. The number of benzene rings is 1. The van der Waals surface area contributed by atoms with E-state index >= 15 is 0 Å². The molecule has 0 saturated carbocycles. The van der Waals surface area contributed by atoms with Gasteiger partial charge in [0.15, 0.2) is 0 Å². The summed E-state index contributed by atoms with van der Waals surface area (Å²) in [6, 6.07) is 5.49. The minimum Gasteiger partial charge on any atom is -0.396 e. The van der Waals surface area contributed by atoms with Crippen LogP contribution in [-0.2, 0) is 0 Å². The number of hydrogen-bond donors (Lipinski definition) is 1. The first-order chi connectivity index (χ1) is 7.97. The number of nitrogens with zero attached hydrogens (tertiary/aromatic N) is 1. The number of aryl methyl sites for hydroxylation is 1. The number of halogens is 3. The monoisotopic (exact) mass is 254 g/mol. The second-order valence-electron chi connectivity index (χ2n) is 3.69. The number of nitrogens with two attached hydrogens (primary N) is 1. The van der Waals surface area contributed by atoms with Gasteiger partial charge in [-0.25, -0.2) is 9.37 Å². The fourth-order valence-electron chi connectivity index (χ4n) is 1.62. The van der Waals surface area contributed by atoms with Crippen LogP contribution in [0, 0.1) is 18.7 Å². The van der Waals surface area contributed by atoms with Crippen molar-refractivity contribution in [1.82, 2.24) is 4.98 Å². The largest absolute Gasteiger partial charge is 0.396 e. The molecular formula is C12H9ClF2N2. The first-order valence-corrected chi connectivity index (χ1v) is 5.24. The van der Waals surface area contributed by atoms with Crippen LogP contribution >= 0.6 is 11.6 Å². The van der Waals surface area contributed by atoms with Crippen molar-refractivity contribution in [1.29, 1.82) is 0 Å². The van der Waals surface area contributed by atoms with Gasteiger partial charge in [0.2, 0.25) is 5.95 Å². The topological polar surface area (TPSA) is 38.9 Å². The summed E-state index contributed by atoms with van der Waals surface area (Å²) in [7, 11) is 0. The van der Waals surface area contributed by atoms with Crippen molar-refractivity contribution in [2.75, 3.05) is 5.73 Å². The zero-order chi connectivity index (χ0) is 12.6. The van der Waals surface area contributed by atoms with Crippen LogP contribution in [0.2, 0.25) is 5.15 Å². The van der Waals surface area contributed by atoms with Crippen molar-refractivity contribution in [2.24, 2.45) is 0 Å². The second kappa shape index (κ2) is 4.30. The molecular weight excluding hydrogens is 246 g/mol. The van der Waals surface area contributed by atoms with Gasteiger partial charge >= 0.3 is 0 Å². The van der Waals surface area contributed by atoms with Gasteiger partial charge in [-0.15, -0.1) is 0 Å². The van der Waals surface area contributed by atoms with E-state index in [1.165, 1.54) is 24.3 Å². The Balaban J connectivity index is 2.64. The number of nitrogen functional groups attached to an aromatic ring is 1. The van der Waals surface area contributed by atoms with E-state index in [0.29, 0.717) is 16.7 Å². The molecule has 0 bridgehead atoms. The Morgan fingerprint density at radius 3 is 2.53 bits per heavy atom. The maximum Gasteiger partial charge on any atom is 0.214 e. The molecule has 5 heteroatoms. The summed E-state index contributed by atoms with van der Waals surface area (Å²) in [5.74, 6) is -1.18. The zero-order valence-electron chi connectivity index (χ0n) is 8.97. The molecule has 0 radical (unpaired) electrons. The smallest absolute Gasteiger partial charge is 0.214 e. The third-order valence-corrected chi connectivity index (χ3v) is 2.61. The SMILES string of the molecule is Cc1cc(F)c(N)cc1-c1cc(F)nc(Cl)c1. The molecule has 88 valence electrons. The van der Waals surface area contributed by atoms with Crippen LogP contribution in [-0.4, -0.2) is 4.98 Å². The summed E-state index contributed by atoms with van der Waals surface area (Å²) in [4.78, 5) is 3.42. The number of hydrogen-bond acceptors (Lipinski definition) is 2. The normalized spacial score (nSPS) is 10.6. The van der Waals surface area contributed by atoms with Gasteiger partial charge in [0.05, 0.1) is 5.69 Å². The van der Waals surface area contributed by atoms with Crippen LogP contribution in [0.5, 0.6) is 0 Å². The Hall–Kier alpha value is -1.68. The maximum atomic E-state index is 13.2. The predicted molar refractivity (Wildman–Crippen MR) is 63.7 cm³/mol. The molecule has 2 rings (SSSR count). The summed E-state index contributed by atoms with van der Waals surface area (Å²) >= 11 is 5.67. The van der Waals surface area contributed by atoms with Crippen LogP contribution in [0.15, 0.2) is 24.3 Å². The number of aromatic nitrogens is 1. The van der Waals surface area contributed by atoms with Gasteiger partial charge in [-0.2, -0.15) is 4.39 Å². The van der Waals surface area contributed by atoms with Crippen LogP contribution < -0.4 is 5.73 Å². The lowest BCUT2D eigenvalue weighted by Crippen LogP contribution is -1.95. The van der Waals surface area contributed by atoms with E-state index in [9.17, 15) is 8.78 Å². The number of anilines is 1. The lowest BCUT2D eigenvalue weighted by molar-refractivity contribution is 0.584. The highest BCUT2D eigenvalue weighted by atomic mass is 35.5. The summed E-state index contributed by atoms with van der Waals surface area (Å²) < 4.78 is 26.3. The highest BCUT2D eigenvalue weighted by molar-refractivity contribution is 6.29. The molecule has 1 heterocycles. The Morgan fingerprint density at radius 1 is 1.18 bits per heavy atom. The van der Waals surface area contributed by atoms with Gasteiger partial charge in [-0.05, 0) is 41.8 Å². The van der Waals surface area contributed by atoms with Crippen LogP contribution in [0.4, 0.5) is 14.5 Å². The van der Waals surface area contributed by atoms with Gasteiger partial charge in [0.1, 0.15) is 11.0 Å². The zero-order valence-corrected chi connectivity index (χ0v) is 9.72. The van der Waals surface area contributed by atoms with E-state index in [1.54, 1.807) is 6.92 Å². The van der Waals surface area contributed by atoms with Gasteiger partial charge in [-0.3, -0.25) is 0 Å². The molecule has 0 aliphatic carbocycles. The Bertz CT molecular complexity index is 565. The standard InChI is InChI=1S/C12H9ClF2N2/c1-6-2-9(14)10(16)5-8(6)7-3-11(13)17-12(15)4-7/h2-5H,16H2,1H3. The molecule has 0 aliphatic heterocycles. The Kier molecular flexibility index (Phi) is 2.98. The fourth-order valence-corrected chi connectivity index (χ4v) is 1.82. The molecule has 0 saturated heterocycles. The Labute approximate surface area is 102 Å². The number of rotatable bonds is 1. The quantitative estimate of drug-likeness (QED) is 0.624. The van der Waals surface area contributed by atoms with Gasteiger partial charge < -0.3 is 5.73 Å². The van der Waals surface area contributed by atoms with Crippen molar-refractivity contribution in [3.63, 3.8) is 0 Å². The lowest BCUT2D eigenvalue weighted by atomic mass is 10.0. The van der Waals surface area contributed by atoms with E-state index < -0.39 is 11.8 Å². The average Bonchev–Trinajstić information content (AvgIpc) is 2.22. The fraction of sp³-hybridized carbons (Fsp3) is 0.0833. The molecule has 2 aromatic rings. The van der Waals surface area contributed by atoms with Crippen molar-refractivity contribution in [2.45, 2.75) is 6.92 Å². The van der Waals surface area contributed by atoms with E-state index in [1.807, 2.05) is 0 Å². The molecule has 2 nitrogen and oxygen atoms in total. The van der Waals surface area contributed by atoms with Gasteiger partial charge in [-0.1, -0.05) is 11.6 Å². The summed E-state index contributed by atoms with van der Waals surface area (Å²) in [6.45, 7) is 1.71. The molecule has 2 N–H and O–H groups in total. The second-order valence-corrected chi connectivity index (χ2v) is 4.08. The maximum absolute atomic E-state index is 13.2. The van der Waals surface area contributed by atoms with Crippen molar-refractivity contribution in [3.05, 3.63) is 46.7 Å². The third-order valence-electron chi connectivity index (χ3n) is 2.42. The van der Waals surface area contributed by atoms with Crippen molar-refractivity contribution in [3.8, 4) is 11.1 Å². The van der Waals surface area contributed by atoms with Crippen LogP contribution in [0.1, 0.15) is 5.56 Å². The molecule has 0 spiro atoms. The van der Waals surface area contributed by atoms with E-state index in [-0.39, 0.29) is 10.8 Å². The van der Waals surface area contributed by atoms with Crippen molar-refractivity contribution < 1.29 is 8.78 Å². The average molecular weight is 255 g/mol. The number of pyridine rings is 1. The minimum atomic E-state index is -0.685. The molecule has 0 aliphatic rings. The molecule has 0 fully saturated rings. The van der Waals surface area contributed by atoms with Gasteiger partial charge in [0, 0.05) is 6.07 Å². The van der Waals surface area contributed by atoms with E-state index in [0.717, 1.165) is 0 Å². The van der Waals surface area contributed by atoms with Gasteiger partial charge in [0.25, 0.3) is 0 Å². The highest BCUT2D eigenvalue weighted by Gasteiger charge is 2.09. The van der Waals surface area contributed by atoms with Crippen LogP contribution in [0.3, 0.4) is 0 Å². The predicted octanol–water partition coefficient (Wildman–Crippen LogP) is 3.57. The van der Waals surface area contributed by atoms with E-state index in [4.69, 9.17) is 17.3 Å².